The molecule has 1 aliphatic heterocycles. The van der Waals surface area contributed by atoms with E-state index in [2.05, 4.69) is 19.2 Å². The third-order valence-electron chi connectivity index (χ3n) is 6.16. The number of benzene rings is 2. The van der Waals surface area contributed by atoms with Crippen molar-refractivity contribution in [2.45, 2.75) is 44.8 Å². The standard InChI is InChI=1S/C24H32N2O6S/c1-6-24(7-2)15-19(18-10-8-9-11-21(18)32-24)25-23(27)16-26(33(5,28)29)20-13-12-17(30-3)14-22(20)31-4/h8-14,19H,6-7,15-16H2,1-5H3,(H,25,27)/t19-/m1/s1. The molecule has 2 aromatic rings. The molecule has 3 rings (SSSR count). The van der Waals surface area contributed by atoms with Gasteiger partial charge in [0.2, 0.25) is 15.9 Å². The maximum absolute atomic E-state index is 13.1. The molecule has 0 unspecified atom stereocenters. The van der Waals surface area contributed by atoms with Gasteiger partial charge in [-0.2, -0.15) is 0 Å². The number of nitrogens with zero attached hydrogens (tertiary/aromatic N) is 1. The van der Waals surface area contributed by atoms with Crippen LogP contribution in [-0.4, -0.2) is 46.9 Å². The third-order valence-corrected chi connectivity index (χ3v) is 7.29. The number of carbonyl (C=O) groups is 1. The molecule has 1 amide bonds. The van der Waals surface area contributed by atoms with Gasteiger partial charge in [0.15, 0.2) is 0 Å². The number of hydrogen-bond acceptors (Lipinski definition) is 6. The fourth-order valence-corrected chi connectivity index (χ4v) is 5.03. The average molecular weight is 477 g/mol. The molecule has 1 heterocycles. The lowest BCUT2D eigenvalue weighted by Gasteiger charge is -2.41. The number of ether oxygens (including phenoxy) is 3. The molecule has 1 N–H and O–H groups in total. The number of anilines is 1. The number of rotatable bonds is 9. The van der Waals surface area contributed by atoms with E-state index in [4.69, 9.17) is 14.2 Å². The monoisotopic (exact) mass is 476 g/mol. The van der Waals surface area contributed by atoms with Crippen LogP contribution in [0.25, 0.3) is 0 Å². The van der Waals surface area contributed by atoms with Gasteiger partial charge in [0.25, 0.3) is 0 Å². The van der Waals surface area contributed by atoms with E-state index in [9.17, 15) is 13.2 Å². The largest absolute Gasteiger partial charge is 0.497 e. The van der Waals surface area contributed by atoms with Gasteiger partial charge in [-0.25, -0.2) is 8.42 Å². The number of carbonyl (C=O) groups excluding carboxylic acids is 1. The highest BCUT2D eigenvalue weighted by Gasteiger charge is 2.39. The number of fused-ring (bicyclic) bond motifs is 1. The Morgan fingerprint density at radius 2 is 1.85 bits per heavy atom. The highest BCUT2D eigenvalue weighted by atomic mass is 32.2. The van der Waals surface area contributed by atoms with E-state index in [1.54, 1.807) is 18.2 Å². The fourth-order valence-electron chi connectivity index (χ4n) is 4.17. The average Bonchev–Trinajstić information content (AvgIpc) is 2.81. The van der Waals surface area contributed by atoms with Gasteiger partial charge in [-0.15, -0.1) is 0 Å². The molecule has 1 atom stereocenters. The molecule has 0 spiro atoms. The molecule has 1 aliphatic rings. The number of para-hydroxylation sites is 1. The molecule has 0 aliphatic carbocycles. The molecule has 0 bridgehead atoms. The van der Waals surface area contributed by atoms with Crippen molar-refractivity contribution in [3.05, 3.63) is 48.0 Å². The van der Waals surface area contributed by atoms with Crippen LogP contribution in [0.2, 0.25) is 0 Å². The quantitative estimate of drug-likeness (QED) is 0.594. The van der Waals surface area contributed by atoms with E-state index in [-0.39, 0.29) is 23.9 Å². The Kier molecular flexibility index (Phi) is 7.41. The third kappa shape index (κ3) is 5.35. The summed E-state index contributed by atoms with van der Waals surface area (Å²) in [4.78, 5) is 13.1. The summed E-state index contributed by atoms with van der Waals surface area (Å²) in [6, 6.07) is 12.1. The van der Waals surface area contributed by atoms with Crippen molar-refractivity contribution < 1.29 is 27.4 Å². The summed E-state index contributed by atoms with van der Waals surface area (Å²) in [6.45, 7) is 3.75. The molecular weight excluding hydrogens is 444 g/mol. The lowest BCUT2D eigenvalue weighted by atomic mass is 9.83. The molecule has 9 heteroatoms. The fraction of sp³-hybridized carbons (Fsp3) is 0.458. The van der Waals surface area contributed by atoms with E-state index >= 15 is 0 Å². The van der Waals surface area contributed by atoms with Crippen molar-refractivity contribution in [2.75, 3.05) is 31.3 Å². The summed E-state index contributed by atoms with van der Waals surface area (Å²) in [6.07, 6.45) is 3.26. The topological polar surface area (TPSA) is 94.2 Å². The lowest BCUT2D eigenvalue weighted by Crippen LogP contribution is -2.47. The van der Waals surface area contributed by atoms with Gasteiger partial charge in [0.1, 0.15) is 29.4 Å². The zero-order valence-corrected chi connectivity index (χ0v) is 20.6. The van der Waals surface area contributed by atoms with Crippen molar-refractivity contribution in [1.82, 2.24) is 5.32 Å². The van der Waals surface area contributed by atoms with Crippen LogP contribution in [0.5, 0.6) is 17.2 Å². The minimum Gasteiger partial charge on any atom is -0.497 e. The van der Waals surface area contributed by atoms with Gasteiger partial charge in [-0.1, -0.05) is 32.0 Å². The van der Waals surface area contributed by atoms with Crippen LogP contribution in [-0.2, 0) is 14.8 Å². The SMILES string of the molecule is CCC1(CC)C[C@@H](NC(=O)CN(c2ccc(OC)cc2OC)S(C)(=O)=O)c2ccccc2O1. The number of nitrogens with one attached hydrogen (secondary N) is 1. The minimum absolute atomic E-state index is 0.264. The zero-order chi connectivity index (χ0) is 24.2. The van der Waals surface area contributed by atoms with Crippen LogP contribution in [0.4, 0.5) is 5.69 Å². The summed E-state index contributed by atoms with van der Waals surface area (Å²) >= 11 is 0. The maximum Gasteiger partial charge on any atom is 0.241 e. The van der Waals surface area contributed by atoms with E-state index in [1.807, 2.05) is 24.3 Å². The Balaban J connectivity index is 1.89. The second-order valence-electron chi connectivity index (χ2n) is 8.16. The van der Waals surface area contributed by atoms with Crippen molar-refractivity contribution in [3.63, 3.8) is 0 Å². The Bertz CT molecular complexity index is 1100. The number of sulfonamides is 1. The second kappa shape index (κ2) is 9.91. The van der Waals surface area contributed by atoms with Crippen LogP contribution in [0, 0.1) is 0 Å². The second-order valence-corrected chi connectivity index (χ2v) is 10.1. The molecular formula is C24H32N2O6S. The summed E-state index contributed by atoms with van der Waals surface area (Å²) in [5, 5.41) is 3.04. The number of amides is 1. The van der Waals surface area contributed by atoms with Crippen LogP contribution >= 0.6 is 0 Å². The van der Waals surface area contributed by atoms with Crippen molar-refractivity contribution in [1.29, 1.82) is 0 Å². The molecule has 33 heavy (non-hydrogen) atoms. The van der Waals surface area contributed by atoms with Crippen molar-refractivity contribution in [2.24, 2.45) is 0 Å². The molecule has 0 radical (unpaired) electrons. The van der Waals surface area contributed by atoms with E-state index in [0.717, 1.165) is 34.7 Å². The molecule has 180 valence electrons. The summed E-state index contributed by atoms with van der Waals surface area (Å²) < 4.78 is 43.1. The van der Waals surface area contributed by atoms with Crippen LogP contribution in [0.15, 0.2) is 42.5 Å². The Morgan fingerprint density at radius 1 is 1.15 bits per heavy atom. The first-order valence-electron chi connectivity index (χ1n) is 10.9. The predicted octanol–water partition coefficient (Wildman–Crippen LogP) is 3.67. The number of methoxy groups -OCH3 is 2. The lowest BCUT2D eigenvalue weighted by molar-refractivity contribution is -0.121. The Morgan fingerprint density at radius 3 is 2.45 bits per heavy atom. The van der Waals surface area contributed by atoms with Gasteiger partial charge in [-0.3, -0.25) is 9.10 Å². The van der Waals surface area contributed by atoms with E-state index in [0.29, 0.717) is 17.9 Å². The van der Waals surface area contributed by atoms with Crippen molar-refractivity contribution in [3.8, 4) is 17.2 Å². The van der Waals surface area contributed by atoms with Gasteiger partial charge < -0.3 is 19.5 Å². The van der Waals surface area contributed by atoms with Crippen LogP contribution in [0.3, 0.4) is 0 Å². The summed E-state index contributed by atoms with van der Waals surface area (Å²) in [5.41, 5.74) is 0.762. The molecule has 0 saturated carbocycles. The molecule has 8 nitrogen and oxygen atoms in total. The van der Waals surface area contributed by atoms with Gasteiger partial charge in [-0.05, 0) is 31.0 Å². The Hall–Kier alpha value is -2.94. The first-order valence-corrected chi connectivity index (χ1v) is 12.8. The molecule has 0 saturated heterocycles. The van der Waals surface area contributed by atoms with E-state index in [1.165, 1.54) is 14.2 Å². The Labute approximate surface area is 195 Å². The summed E-state index contributed by atoms with van der Waals surface area (Å²) in [5.74, 6) is 1.14. The maximum atomic E-state index is 13.1. The smallest absolute Gasteiger partial charge is 0.241 e. The predicted molar refractivity (Wildman–Crippen MR) is 128 cm³/mol. The molecule has 2 aromatic carbocycles. The first-order chi connectivity index (χ1) is 15.7. The van der Waals surface area contributed by atoms with Gasteiger partial charge >= 0.3 is 0 Å². The molecule has 0 fully saturated rings. The minimum atomic E-state index is -3.77. The van der Waals surface area contributed by atoms with Crippen LogP contribution < -0.4 is 23.8 Å². The van der Waals surface area contributed by atoms with Crippen molar-refractivity contribution >= 4 is 21.6 Å². The van der Waals surface area contributed by atoms with Crippen LogP contribution in [0.1, 0.15) is 44.7 Å². The zero-order valence-electron chi connectivity index (χ0n) is 19.8. The highest BCUT2D eigenvalue weighted by Crippen LogP contribution is 2.42. The van der Waals surface area contributed by atoms with E-state index < -0.39 is 15.9 Å². The number of hydrogen-bond donors (Lipinski definition) is 1. The van der Waals surface area contributed by atoms with Gasteiger partial charge in [0.05, 0.1) is 32.2 Å². The normalized spacial score (nSPS) is 16.8. The highest BCUT2D eigenvalue weighted by molar-refractivity contribution is 7.92. The molecule has 0 aromatic heterocycles. The first kappa shape index (κ1) is 24.7. The van der Waals surface area contributed by atoms with Gasteiger partial charge in [0, 0.05) is 18.1 Å². The summed E-state index contributed by atoms with van der Waals surface area (Å²) in [7, 11) is -0.826.